The van der Waals surface area contributed by atoms with Gasteiger partial charge in [-0.05, 0) is 56.2 Å². The van der Waals surface area contributed by atoms with Crippen LogP contribution in [0.5, 0.6) is 0 Å². The number of aliphatic hydroxyl groups excluding tert-OH is 1. The summed E-state index contributed by atoms with van der Waals surface area (Å²) in [6.45, 7) is 4.51. The highest BCUT2D eigenvalue weighted by atomic mass is 16.3. The van der Waals surface area contributed by atoms with Crippen LogP contribution < -0.4 is 10.6 Å². The first-order valence-electron chi connectivity index (χ1n) is 8.40. The number of carbonyl (C=O) groups excluding carboxylic acids is 1. The maximum absolute atomic E-state index is 12.1. The second-order valence-electron chi connectivity index (χ2n) is 6.23. The first kappa shape index (κ1) is 16.8. The molecule has 0 spiro atoms. The van der Waals surface area contributed by atoms with Crippen LogP contribution in [0.2, 0.25) is 0 Å². The Morgan fingerprint density at radius 1 is 1.27 bits per heavy atom. The summed E-state index contributed by atoms with van der Waals surface area (Å²) in [6, 6.07) is 6.31. The molecule has 1 fully saturated rings. The molecule has 1 aromatic rings. The van der Waals surface area contributed by atoms with E-state index in [1.807, 2.05) is 25.1 Å². The van der Waals surface area contributed by atoms with Gasteiger partial charge in [-0.15, -0.1) is 0 Å². The van der Waals surface area contributed by atoms with Crippen molar-refractivity contribution >= 4 is 11.6 Å². The molecule has 0 bridgehead atoms. The molecule has 0 unspecified atom stereocenters. The highest BCUT2D eigenvalue weighted by molar-refractivity contribution is 5.97. The summed E-state index contributed by atoms with van der Waals surface area (Å²) in [5.74, 6) is 0.764. The molecule has 0 heterocycles. The molecule has 1 aliphatic carbocycles. The van der Waals surface area contributed by atoms with E-state index in [0.29, 0.717) is 11.6 Å². The Balaban J connectivity index is 2.01. The molecule has 0 radical (unpaired) electrons. The molecule has 4 heteroatoms. The zero-order valence-electron chi connectivity index (χ0n) is 13.7. The third kappa shape index (κ3) is 4.23. The van der Waals surface area contributed by atoms with Crippen LogP contribution in [0.15, 0.2) is 18.2 Å². The predicted octanol–water partition coefficient (Wildman–Crippen LogP) is 3.10. The lowest BCUT2D eigenvalue weighted by Gasteiger charge is -2.29. The van der Waals surface area contributed by atoms with E-state index in [9.17, 15) is 4.79 Å². The van der Waals surface area contributed by atoms with E-state index in [1.165, 1.54) is 32.1 Å². The van der Waals surface area contributed by atoms with Crippen LogP contribution in [0.25, 0.3) is 0 Å². The molecule has 0 aromatic heterocycles. The minimum Gasteiger partial charge on any atom is -0.395 e. The van der Waals surface area contributed by atoms with E-state index in [1.54, 1.807) is 0 Å². The summed E-state index contributed by atoms with van der Waals surface area (Å²) >= 11 is 0. The van der Waals surface area contributed by atoms with E-state index in [2.05, 4.69) is 17.6 Å². The molecule has 1 saturated carbocycles. The van der Waals surface area contributed by atoms with Gasteiger partial charge in [0.25, 0.3) is 5.91 Å². The molecule has 1 aliphatic rings. The van der Waals surface area contributed by atoms with Crippen LogP contribution in [0, 0.1) is 12.8 Å². The summed E-state index contributed by atoms with van der Waals surface area (Å²) in [5, 5.41) is 15.1. The van der Waals surface area contributed by atoms with Gasteiger partial charge in [0, 0.05) is 23.8 Å². The molecule has 4 nitrogen and oxygen atoms in total. The summed E-state index contributed by atoms with van der Waals surface area (Å²) in [5.41, 5.74) is 2.72. The number of carbonyl (C=O) groups is 1. The van der Waals surface area contributed by atoms with Crippen LogP contribution in [-0.4, -0.2) is 30.2 Å². The Morgan fingerprint density at radius 2 is 2.00 bits per heavy atom. The van der Waals surface area contributed by atoms with Crippen molar-refractivity contribution in [2.75, 3.05) is 18.5 Å². The van der Waals surface area contributed by atoms with Crippen molar-refractivity contribution < 1.29 is 9.90 Å². The number of anilines is 1. The lowest BCUT2D eigenvalue weighted by Crippen LogP contribution is -2.28. The molecular formula is C18H28N2O2. The zero-order valence-corrected chi connectivity index (χ0v) is 13.7. The molecular weight excluding hydrogens is 276 g/mol. The molecule has 0 atom stereocenters. The van der Waals surface area contributed by atoms with Gasteiger partial charge in [0.1, 0.15) is 0 Å². The summed E-state index contributed by atoms with van der Waals surface area (Å²) in [4.78, 5) is 12.1. The van der Waals surface area contributed by atoms with Crippen molar-refractivity contribution in [2.24, 2.45) is 5.92 Å². The zero-order chi connectivity index (χ0) is 15.9. The van der Waals surface area contributed by atoms with E-state index in [4.69, 9.17) is 5.11 Å². The van der Waals surface area contributed by atoms with Gasteiger partial charge in [0.15, 0.2) is 0 Å². The van der Waals surface area contributed by atoms with Crippen LogP contribution in [0.3, 0.4) is 0 Å². The monoisotopic (exact) mass is 304 g/mol. The number of benzene rings is 1. The molecule has 22 heavy (non-hydrogen) atoms. The Kier molecular flexibility index (Phi) is 6.25. The third-order valence-corrected chi connectivity index (χ3v) is 4.76. The number of aliphatic hydroxyl groups is 1. The van der Waals surface area contributed by atoms with E-state index in [-0.39, 0.29) is 19.1 Å². The molecule has 0 aliphatic heterocycles. The van der Waals surface area contributed by atoms with Gasteiger partial charge in [-0.1, -0.05) is 19.4 Å². The molecule has 1 aromatic carbocycles. The second kappa shape index (κ2) is 8.18. The lowest BCUT2D eigenvalue weighted by molar-refractivity contribution is 0.0944. The summed E-state index contributed by atoms with van der Waals surface area (Å²) in [6.07, 6.45) is 6.29. The van der Waals surface area contributed by atoms with Crippen LogP contribution in [0.4, 0.5) is 5.69 Å². The maximum Gasteiger partial charge on any atom is 0.251 e. The van der Waals surface area contributed by atoms with Gasteiger partial charge in [0.05, 0.1) is 6.61 Å². The Labute approximate surface area is 133 Å². The van der Waals surface area contributed by atoms with E-state index >= 15 is 0 Å². The molecule has 0 saturated heterocycles. The number of rotatable bonds is 6. The largest absolute Gasteiger partial charge is 0.395 e. The first-order chi connectivity index (χ1) is 10.7. The van der Waals surface area contributed by atoms with Crippen LogP contribution >= 0.6 is 0 Å². The third-order valence-electron chi connectivity index (χ3n) is 4.76. The van der Waals surface area contributed by atoms with Crippen LogP contribution in [-0.2, 0) is 0 Å². The van der Waals surface area contributed by atoms with Gasteiger partial charge in [-0.2, -0.15) is 0 Å². The van der Waals surface area contributed by atoms with Crippen molar-refractivity contribution in [3.8, 4) is 0 Å². The van der Waals surface area contributed by atoms with Gasteiger partial charge >= 0.3 is 0 Å². The number of amides is 1. The van der Waals surface area contributed by atoms with Gasteiger partial charge in [-0.25, -0.2) is 0 Å². The van der Waals surface area contributed by atoms with E-state index in [0.717, 1.165) is 17.2 Å². The maximum atomic E-state index is 12.1. The molecule has 1 amide bonds. The van der Waals surface area contributed by atoms with Gasteiger partial charge in [-0.3, -0.25) is 4.79 Å². The Morgan fingerprint density at radius 3 is 2.64 bits per heavy atom. The highest BCUT2D eigenvalue weighted by Gasteiger charge is 2.20. The van der Waals surface area contributed by atoms with Crippen molar-refractivity contribution in [1.29, 1.82) is 0 Å². The quantitative estimate of drug-likeness (QED) is 0.757. The van der Waals surface area contributed by atoms with Crippen molar-refractivity contribution in [2.45, 2.75) is 52.0 Å². The average Bonchev–Trinajstić information content (AvgIpc) is 2.55. The van der Waals surface area contributed by atoms with Crippen molar-refractivity contribution in [3.05, 3.63) is 29.3 Å². The lowest BCUT2D eigenvalue weighted by atomic mass is 9.84. The molecule has 3 N–H and O–H groups in total. The first-order valence-corrected chi connectivity index (χ1v) is 8.40. The van der Waals surface area contributed by atoms with Gasteiger partial charge in [0.2, 0.25) is 0 Å². The average molecular weight is 304 g/mol. The fourth-order valence-corrected chi connectivity index (χ4v) is 3.24. The van der Waals surface area contributed by atoms with Crippen molar-refractivity contribution in [1.82, 2.24) is 5.32 Å². The number of nitrogens with one attached hydrogen (secondary N) is 2. The summed E-state index contributed by atoms with van der Waals surface area (Å²) < 4.78 is 0. The Bertz CT molecular complexity index is 494. The fraction of sp³-hybridized carbons (Fsp3) is 0.611. The molecule has 2 rings (SSSR count). The predicted molar refractivity (Wildman–Crippen MR) is 90.3 cm³/mol. The second-order valence-corrected chi connectivity index (χ2v) is 6.23. The van der Waals surface area contributed by atoms with Crippen molar-refractivity contribution in [3.63, 3.8) is 0 Å². The minimum atomic E-state index is -0.120. The van der Waals surface area contributed by atoms with E-state index < -0.39 is 0 Å². The number of hydrogen-bond acceptors (Lipinski definition) is 3. The minimum absolute atomic E-state index is 0.0383. The normalized spacial score (nSPS) is 21.4. The molecule has 122 valence electrons. The summed E-state index contributed by atoms with van der Waals surface area (Å²) in [7, 11) is 0. The fourth-order valence-electron chi connectivity index (χ4n) is 3.24. The highest BCUT2D eigenvalue weighted by Crippen LogP contribution is 2.29. The smallest absolute Gasteiger partial charge is 0.251 e. The SMILES string of the molecule is CCC1CCC(Nc2cccc(C(=O)NCCO)c2C)CC1. The topological polar surface area (TPSA) is 61.4 Å². The number of hydrogen-bond donors (Lipinski definition) is 3. The van der Waals surface area contributed by atoms with Gasteiger partial charge < -0.3 is 15.7 Å². The van der Waals surface area contributed by atoms with Crippen LogP contribution in [0.1, 0.15) is 54.9 Å². The Hall–Kier alpha value is -1.55. The standard InChI is InChI=1S/C18H28N2O2/c1-3-14-7-9-15(10-8-14)20-17-6-4-5-16(13(17)2)18(22)19-11-12-21/h4-6,14-15,20-21H,3,7-12H2,1-2H3,(H,19,22).